The molecule has 5 aromatic rings. The van der Waals surface area contributed by atoms with Crippen LogP contribution in [0.25, 0.3) is 10.9 Å². The van der Waals surface area contributed by atoms with Crippen molar-refractivity contribution >= 4 is 22.8 Å². The van der Waals surface area contributed by atoms with E-state index in [1.54, 1.807) is 36.4 Å². The number of hydrogen-bond donors (Lipinski definition) is 2. The molecule has 0 fully saturated rings. The first-order chi connectivity index (χ1) is 19.5. The Balaban J connectivity index is 1.33. The van der Waals surface area contributed by atoms with Gasteiger partial charge in [-0.15, -0.1) is 0 Å². The fraction of sp³-hybridized carbons (Fsp3) is 0.121. The Morgan fingerprint density at radius 1 is 0.700 bits per heavy atom. The van der Waals surface area contributed by atoms with Crippen molar-refractivity contribution in [2.24, 2.45) is 0 Å². The molecule has 7 heteroatoms. The molecule has 7 nitrogen and oxygen atoms in total. The van der Waals surface area contributed by atoms with Crippen molar-refractivity contribution in [1.29, 1.82) is 0 Å². The number of benzene rings is 4. The summed E-state index contributed by atoms with van der Waals surface area (Å²) in [5.74, 6) is -0.671. The maximum Gasteiger partial charge on any atom is 0.326 e. The minimum atomic E-state index is -1.17. The highest BCUT2D eigenvalue weighted by molar-refractivity contribution is 5.97. The third-order valence-electron chi connectivity index (χ3n) is 6.36. The summed E-state index contributed by atoms with van der Waals surface area (Å²) < 4.78 is 12.2. The van der Waals surface area contributed by atoms with Crippen LogP contribution in [-0.2, 0) is 24.4 Å². The molecule has 0 spiro atoms. The van der Waals surface area contributed by atoms with Crippen LogP contribution in [0.15, 0.2) is 115 Å². The monoisotopic (exact) mass is 532 g/mol. The molecule has 1 amide bonds. The molecule has 0 aliphatic rings. The van der Waals surface area contributed by atoms with Gasteiger partial charge in [0.2, 0.25) is 0 Å². The molecule has 5 rings (SSSR count). The standard InChI is InChI=1S/C33H28N2O5/c36-32(28-17-16-26-13-7-8-14-27(26)34-28)35-29(33(37)38)19-25-15-18-30(39-21-23-9-3-1-4-10-23)31(20-25)40-22-24-11-5-2-6-12-24/h1-18,20,29H,19,21-22H2,(H,35,36)(H,37,38)/t29-/m0/s1. The van der Waals surface area contributed by atoms with Crippen LogP contribution in [0.3, 0.4) is 0 Å². The van der Waals surface area contributed by atoms with E-state index >= 15 is 0 Å². The van der Waals surface area contributed by atoms with Crippen LogP contribution in [0.1, 0.15) is 27.2 Å². The van der Waals surface area contributed by atoms with E-state index in [1.165, 1.54) is 0 Å². The summed E-state index contributed by atoms with van der Waals surface area (Å²) in [6.45, 7) is 0.674. The molecule has 0 bridgehead atoms. The first-order valence-corrected chi connectivity index (χ1v) is 12.9. The Morgan fingerprint density at radius 3 is 2.00 bits per heavy atom. The number of nitrogens with one attached hydrogen (secondary N) is 1. The molecule has 0 saturated heterocycles. The molecule has 40 heavy (non-hydrogen) atoms. The summed E-state index contributed by atoms with van der Waals surface area (Å²) in [6.07, 6.45) is 0.0509. The van der Waals surface area contributed by atoms with Gasteiger partial charge in [-0.2, -0.15) is 0 Å². The zero-order valence-corrected chi connectivity index (χ0v) is 21.7. The normalized spacial score (nSPS) is 11.5. The van der Waals surface area contributed by atoms with Gasteiger partial charge in [-0.25, -0.2) is 9.78 Å². The van der Waals surface area contributed by atoms with Gasteiger partial charge in [0, 0.05) is 11.8 Å². The van der Waals surface area contributed by atoms with Crippen molar-refractivity contribution in [2.45, 2.75) is 25.7 Å². The van der Waals surface area contributed by atoms with Crippen molar-refractivity contribution in [3.05, 3.63) is 138 Å². The van der Waals surface area contributed by atoms with Crippen molar-refractivity contribution in [2.75, 3.05) is 0 Å². The number of hydrogen-bond acceptors (Lipinski definition) is 5. The van der Waals surface area contributed by atoms with Crippen LogP contribution in [0.2, 0.25) is 0 Å². The van der Waals surface area contributed by atoms with Crippen molar-refractivity contribution in [1.82, 2.24) is 10.3 Å². The summed E-state index contributed by atoms with van der Waals surface area (Å²) in [7, 11) is 0. The highest BCUT2D eigenvalue weighted by atomic mass is 16.5. The number of nitrogens with zero attached hydrogens (tertiary/aromatic N) is 1. The number of amides is 1. The van der Waals surface area contributed by atoms with Crippen LogP contribution in [0.5, 0.6) is 11.5 Å². The molecule has 1 heterocycles. The number of ether oxygens (including phenoxy) is 2. The highest BCUT2D eigenvalue weighted by Crippen LogP contribution is 2.31. The Bertz CT molecular complexity index is 1610. The van der Waals surface area contributed by atoms with Gasteiger partial charge in [-0.1, -0.05) is 91.0 Å². The number of rotatable bonds is 11. The SMILES string of the molecule is O=C(N[C@@H](Cc1ccc(OCc2ccccc2)c(OCc2ccccc2)c1)C(=O)O)c1ccc2ccccc2n1. The Hall–Kier alpha value is -5.17. The summed E-state index contributed by atoms with van der Waals surface area (Å²) >= 11 is 0. The molecule has 0 saturated carbocycles. The van der Waals surface area contributed by atoms with E-state index in [9.17, 15) is 14.7 Å². The van der Waals surface area contributed by atoms with Crippen LogP contribution in [0.4, 0.5) is 0 Å². The number of para-hydroxylation sites is 1. The van der Waals surface area contributed by atoms with Gasteiger partial charge in [-0.05, 0) is 41.0 Å². The number of aromatic nitrogens is 1. The van der Waals surface area contributed by atoms with Crippen LogP contribution in [0, 0.1) is 0 Å². The summed E-state index contributed by atoms with van der Waals surface area (Å²) in [5.41, 5.74) is 3.49. The maximum absolute atomic E-state index is 12.9. The second-order valence-electron chi connectivity index (χ2n) is 9.29. The first-order valence-electron chi connectivity index (χ1n) is 12.9. The lowest BCUT2D eigenvalue weighted by Gasteiger charge is -2.17. The predicted octanol–water partition coefficient (Wildman–Crippen LogP) is 5.82. The van der Waals surface area contributed by atoms with E-state index in [0.29, 0.717) is 35.8 Å². The van der Waals surface area contributed by atoms with Gasteiger partial charge >= 0.3 is 5.97 Å². The van der Waals surface area contributed by atoms with Gasteiger partial charge in [0.1, 0.15) is 24.9 Å². The molecular formula is C33H28N2O5. The second kappa shape index (κ2) is 12.6. The quantitative estimate of drug-likeness (QED) is 0.223. The molecule has 2 N–H and O–H groups in total. The Kier molecular flexibility index (Phi) is 8.32. The number of aliphatic carboxylic acids is 1. The topological polar surface area (TPSA) is 97.8 Å². The lowest BCUT2D eigenvalue weighted by molar-refractivity contribution is -0.139. The molecule has 1 atom stereocenters. The maximum atomic E-state index is 12.9. The molecule has 0 radical (unpaired) electrons. The average molecular weight is 533 g/mol. The zero-order valence-electron chi connectivity index (χ0n) is 21.7. The number of fused-ring (bicyclic) bond motifs is 1. The van der Waals surface area contributed by atoms with E-state index in [0.717, 1.165) is 16.5 Å². The average Bonchev–Trinajstić information content (AvgIpc) is 2.99. The van der Waals surface area contributed by atoms with E-state index in [2.05, 4.69) is 10.3 Å². The molecular weight excluding hydrogens is 504 g/mol. The Labute approximate surface area is 232 Å². The van der Waals surface area contributed by atoms with E-state index in [4.69, 9.17) is 9.47 Å². The summed E-state index contributed by atoms with van der Waals surface area (Å²) in [5, 5.41) is 13.4. The van der Waals surface area contributed by atoms with E-state index in [1.807, 2.05) is 78.9 Å². The largest absolute Gasteiger partial charge is 0.485 e. The third kappa shape index (κ3) is 6.82. The number of pyridine rings is 1. The number of carbonyl (C=O) groups excluding carboxylic acids is 1. The summed E-state index contributed by atoms with van der Waals surface area (Å²) in [4.78, 5) is 29.4. The third-order valence-corrected chi connectivity index (χ3v) is 6.36. The fourth-order valence-corrected chi connectivity index (χ4v) is 4.24. The van der Waals surface area contributed by atoms with E-state index < -0.39 is 17.9 Å². The van der Waals surface area contributed by atoms with Gasteiger partial charge in [0.05, 0.1) is 5.52 Å². The molecule has 1 aromatic heterocycles. The molecule has 0 unspecified atom stereocenters. The second-order valence-corrected chi connectivity index (χ2v) is 9.29. The molecule has 0 aliphatic heterocycles. The fourth-order valence-electron chi connectivity index (χ4n) is 4.24. The predicted molar refractivity (Wildman–Crippen MR) is 152 cm³/mol. The van der Waals surface area contributed by atoms with Crippen LogP contribution >= 0.6 is 0 Å². The lowest BCUT2D eigenvalue weighted by atomic mass is 10.0. The van der Waals surface area contributed by atoms with Crippen LogP contribution in [-0.4, -0.2) is 28.0 Å². The lowest BCUT2D eigenvalue weighted by Crippen LogP contribution is -2.42. The number of carboxylic acids is 1. The van der Waals surface area contributed by atoms with Gasteiger partial charge in [-0.3, -0.25) is 4.79 Å². The summed E-state index contributed by atoms with van der Waals surface area (Å²) in [6, 6.07) is 34.5. The van der Waals surface area contributed by atoms with Crippen LogP contribution < -0.4 is 14.8 Å². The van der Waals surface area contributed by atoms with Gasteiger partial charge in [0.15, 0.2) is 11.5 Å². The van der Waals surface area contributed by atoms with Crippen molar-refractivity contribution in [3.63, 3.8) is 0 Å². The van der Waals surface area contributed by atoms with Gasteiger partial charge < -0.3 is 19.9 Å². The minimum Gasteiger partial charge on any atom is -0.485 e. The van der Waals surface area contributed by atoms with Crippen molar-refractivity contribution in [3.8, 4) is 11.5 Å². The van der Waals surface area contributed by atoms with E-state index in [-0.39, 0.29) is 12.1 Å². The zero-order chi connectivity index (χ0) is 27.7. The molecule has 0 aliphatic carbocycles. The minimum absolute atomic E-state index is 0.0509. The van der Waals surface area contributed by atoms with Gasteiger partial charge in [0.25, 0.3) is 5.91 Å². The van der Waals surface area contributed by atoms with Crippen molar-refractivity contribution < 1.29 is 24.2 Å². The number of carbonyl (C=O) groups is 2. The molecule has 4 aromatic carbocycles. The Morgan fingerprint density at radius 2 is 1.32 bits per heavy atom. The smallest absolute Gasteiger partial charge is 0.326 e. The first kappa shape index (κ1) is 26.4. The highest BCUT2D eigenvalue weighted by Gasteiger charge is 2.23. The number of carboxylic acid groups (broad SMARTS) is 1. The molecule has 200 valence electrons.